The summed E-state index contributed by atoms with van der Waals surface area (Å²) in [5, 5.41) is 3.44. The third-order valence-electron chi connectivity index (χ3n) is 4.88. The molecule has 28 heavy (non-hydrogen) atoms. The van der Waals surface area contributed by atoms with Crippen LogP contribution in [0, 0.1) is 11.7 Å². The van der Waals surface area contributed by atoms with Crippen LogP contribution < -0.4 is 10.1 Å². The van der Waals surface area contributed by atoms with Crippen molar-refractivity contribution in [1.82, 2.24) is 4.90 Å². The molecule has 0 aliphatic carbocycles. The van der Waals surface area contributed by atoms with Gasteiger partial charge in [0.25, 0.3) is 0 Å². The second kappa shape index (κ2) is 9.39. The van der Waals surface area contributed by atoms with Gasteiger partial charge >= 0.3 is 0 Å². The van der Waals surface area contributed by atoms with Gasteiger partial charge in [-0.15, -0.1) is 0 Å². The molecule has 0 saturated carbocycles. The van der Waals surface area contributed by atoms with Gasteiger partial charge in [-0.2, -0.15) is 0 Å². The molecule has 1 amide bonds. The number of likely N-dealkylation sites (tertiary alicyclic amines) is 1. The maximum atomic E-state index is 14.0. The van der Waals surface area contributed by atoms with Crippen molar-refractivity contribution in [3.8, 4) is 5.75 Å². The molecule has 0 bridgehead atoms. The number of hydrogen-bond donors (Lipinski definition) is 1. The molecular weight excluding hydrogens is 379 g/mol. The van der Waals surface area contributed by atoms with E-state index in [0.717, 1.165) is 37.4 Å². The maximum absolute atomic E-state index is 14.0. The first-order chi connectivity index (χ1) is 13.4. The Bertz CT molecular complexity index is 800. The highest BCUT2D eigenvalue weighted by Gasteiger charge is 2.26. The summed E-state index contributed by atoms with van der Waals surface area (Å²) >= 11 is 6.12. The second-order valence-corrected chi connectivity index (χ2v) is 7.84. The van der Waals surface area contributed by atoms with Crippen LogP contribution in [0.4, 0.5) is 10.1 Å². The Morgan fingerprint density at radius 1 is 1.25 bits per heavy atom. The van der Waals surface area contributed by atoms with Crippen LogP contribution in [-0.4, -0.2) is 30.0 Å². The third-order valence-corrected chi connectivity index (χ3v) is 5.23. The van der Waals surface area contributed by atoms with E-state index in [1.165, 1.54) is 6.07 Å². The van der Waals surface area contributed by atoms with Crippen molar-refractivity contribution in [2.24, 2.45) is 5.92 Å². The smallest absolute Gasteiger partial charge is 0.227 e. The van der Waals surface area contributed by atoms with Crippen molar-refractivity contribution in [3.63, 3.8) is 0 Å². The number of anilines is 1. The van der Waals surface area contributed by atoms with E-state index in [0.29, 0.717) is 17.1 Å². The standard InChI is InChI=1S/C22H26ClFN2O2/c1-15(2)28-18-6-3-5-17(13-18)25-22(27)16-9-11-26(12-10-16)14-19-20(23)7-4-8-21(19)24/h3-8,13,15-16H,9-12,14H2,1-2H3,(H,25,27). The molecule has 1 aliphatic heterocycles. The summed E-state index contributed by atoms with van der Waals surface area (Å²) < 4.78 is 19.7. The summed E-state index contributed by atoms with van der Waals surface area (Å²) in [5.41, 5.74) is 1.26. The monoisotopic (exact) mass is 404 g/mol. The molecule has 4 nitrogen and oxygen atoms in total. The predicted octanol–water partition coefficient (Wildman–Crippen LogP) is 5.12. The van der Waals surface area contributed by atoms with E-state index >= 15 is 0 Å². The first kappa shape index (κ1) is 20.6. The molecule has 2 aromatic carbocycles. The average molecular weight is 405 g/mol. The van der Waals surface area contributed by atoms with Gasteiger partial charge in [0.1, 0.15) is 11.6 Å². The third kappa shape index (κ3) is 5.46. The molecule has 3 rings (SSSR count). The van der Waals surface area contributed by atoms with Gasteiger partial charge in [-0.1, -0.05) is 23.7 Å². The zero-order valence-corrected chi connectivity index (χ0v) is 17.0. The number of carbonyl (C=O) groups is 1. The molecule has 0 atom stereocenters. The van der Waals surface area contributed by atoms with E-state index in [2.05, 4.69) is 10.2 Å². The van der Waals surface area contributed by atoms with Gasteiger partial charge in [-0.3, -0.25) is 9.69 Å². The minimum absolute atomic E-state index is 0.0188. The minimum Gasteiger partial charge on any atom is -0.491 e. The predicted molar refractivity (Wildman–Crippen MR) is 110 cm³/mol. The summed E-state index contributed by atoms with van der Waals surface area (Å²) in [6.45, 7) is 5.87. The van der Waals surface area contributed by atoms with E-state index in [4.69, 9.17) is 16.3 Å². The zero-order valence-electron chi connectivity index (χ0n) is 16.3. The van der Waals surface area contributed by atoms with Crippen LogP contribution in [-0.2, 0) is 11.3 Å². The number of rotatable bonds is 6. The molecule has 6 heteroatoms. The average Bonchev–Trinajstić information content (AvgIpc) is 2.65. The van der Waals surface area contributed by atoms with Crippen molar-refractivity contribution in [3.05, 3.63) is 58.9 Å². The van der Waals surface area contributed by atoms with Crippen molar-refractivity contribution in [2.75, 3.05) is 18.4 Å². The molecule has 1 saturated heterocycles. The molecule has 150 valence electrons. The van der Waals surface area contributed by atoms with Gasteiger partial charge < -0.3 is 10.1 Å². The lowest BCUT2D eigenvalue weighted by Gasteiger charge is -2.31. The van der Waals surface area contributed by atoms with Crippen molar-refractivity contribution < 1.29 is 13.9 Å². The Balaban J connectivity index is 1.53. The number of nitrogens with zero attached hydrogens (tertiary/aromatic N) is 1. The number of halogens is 2. The molecule has 1 N–H and O–H groups in total. The van der Waals surface area contributed by atoms with Crippen LogP contribution in [0.1, 0.15) is 32.3 Å². The van der Waals surface area contributed by atoms with Crippen LogP contribution in [0.2, 0.25) is 5.02 Å². The van der Waals surface area contributed by atoms with Crippen LogP contribution in [0.15, 0.2) is 42.5 Å². The summed E-state index contributed by atoms with van der Waals surface area (Å²) in [4.78, 5) is 14.8. The number of carbonyl (C=O) groups excluding carboxylic acids is 1. The quantitative estimate of drug-likeness (QED) is 0.726. The number of hydrogen-bond acceptors (Lipinski definition) is 3. The normalized spacial score (nSPS) is 15.6. The lowest BCUT2D eigenvalue weighted by atomic mass is 9.95. The topological polar surface area (TPSA) is 41.6 Å². The maximum Gasteiger partial charge on any atom is 0.227 e. The SMILES string of the molecule is CC(C)Oc1cccc(NC(=O)C2CCN(Cc3c(F)cccc3Cl)CC2)c1. The number of ether oxygens (including phenoxy) is 1. The lowest BCUT2D eigenvalue weighted by molar-refractivity contribution is -0.121. The van der Waals surface area contributed by atoms with E-state index in [9.17, 15) is 9.18 Å². The number of amides is 1. The van der Waals surface area contributed by atoms with E-state index in [1.54, 1.807) is 12.1 Å². The Morgan fingerprint density at radius 2 is 1.96 bits per heavy atom. The second-order valence-electron chi connectivity index (χ2n) is 7.43. The molecular formula is C22H26ClFN2O2. The van der Waals surface area contributed by atoms with Gasteiger partial charge in [0.2, 0.25) is 5.91 Å². The fraction of sp³-hybridized carbons (Fsp3) is 0.409. The van der Waals surface area contributed by atoms with E-state index in [-0.39, 0.29) is 23.7 Å². The van der Waals surface area contributed by atoms with Gasteiger partial charge in [0.15, 0.2) is 0 Å². The van der Waals surface area contributed by atoms with Crippen LogP contribution in [0.5, 0.6) is 5.75 Å². The Hall–Kier alpha value is -2.11. The highest BCUT2D eigenvalue weighted by atomic mass is 35.5. The Labute approximate surface area is 170 Å². The number of benzene rings is 2. The summed E-state index contributed by atoms with van der Waals surface area (Å²) in [6, 6.07) is 12.2. The minimum atomic E-state index is -0.282. The summed E-state index contributed by atoms with van der Waals surface area (Å²) in [7, 11) is 0. The van der Waals surface area contributed by atoms with E-state index in [1.807, 2.05) is 38.1 Å². The molecule has 2 aromatic rings. The summed E-state index contributed by atoms with van der Waals surface area (Å²) in [6.07, 6.45) is 1.55. The summed E-state index contributed by atoms with van der Waals surface area (Å²) in [5.74, 6) is 0.424. The highest BCUT2D eigenvalue weighted by Crippen LogP contribution is 2.26. The van der Waals surface area contributed by atoms with Gasteiger partial charge in [0.05, 0.1) is 6.10 Å². The van der Waals surface area contributed by atoms with Crippen LogP contribution >= 0.6 is 11.6 Å². The zero-order chi connectivity index (χ0) is 20.1. The number of nitrogens with one attached hydrogen (secondary N) is 1. The van der Waals surface area contributed by atoms with Crippen molar-refractivity contribution in [1.29, 1.82) is 0 Å². The van der Waals surface area contributed by atoms with Crippen molar-refractivity contribution >= 4 is 23.2 Å². The fourth-order valence-electron chi connectivity index (χ4n) is 3.42. The fourth-order valence-corrected chi connectivity index (χ4v) is 3.65. The first-order valence-corrected chi connectivity index (χ1v) is 10.0. The molecule has 0 aromatic heterocycles. The molecule has 0 unspecified atom stereocenters. The molecule has 1 heterocycles. The Kier molecular flexibility index (Phi) is 6.92. The van der Waals surface area contributed by atoms with Crippen LogP contribution in [0.25, 0.3) is 0 Å². The largest absolute Gasteiger partial charge is 0.491 e. The molecule has 1 fully saturated rings. The van der Waals surface area contributed by atoms with Crippen molar-refractivity contribution in [2.45, 2.75) is 39.3 Å². The molecule has 1 aliphatic rings. The Morgan fingerprint density at radius 3 is 2.64 bits per heavy atom. The lowest BCUT2D eigenvalue weighted by Crippen LogP contribution is -2.38. The molecule has 0 spiro atoms. The van der Waals surface area contributed by atoms with Gasteiger partial charge in [-0.25, -0.2) is 4.39 Å². The molecule has 0 radical (unpaired) electrons. The van der Waals surface area contributed by atoms with E-state index < -0.39 is 0 Å². The van der Waals surface area contributed by atoms with Gasteiger partial charge in [-0.05, 0) is 64.0 Å². The first-order valence-electron chi connectivity index (χ1n) is 9.65. The number of piperidine rings is 1. The highest BCUT2D eigenvalue weighted by molar-refractivity contribution is 6.31. The van der Waals surface area contributed by atoms with Gasteiger partial charge in [0, 0.05) is 34.8 Å². The van der Waals surface area contributed by atoms with Crippen LogP contribution in [0.3, 0.4) is 0 Å².